The van der Waals surface area contributed by atoms with Gasteiger partial charge in [-0.05, 0) is 34.5 Å². The van der Waals surface area contributed by atoms with Crippen LogP contribution in [0.1, 0.15) is 19.8 Å². The Balaban J connectivity index is 2.16. The summed E-state index contributed by atoms with van der Waals surface area (Å²) in [6.07, 6.45) is 0.774. The fourth-order valence-electron chi connectivity index (χ4n) is 2.20. The van der Waals surface area contributed by atoms with Crippen molar-refractivity contribution in [3.8, 4) is 0 Å². The van der Waals surface area contributed by atoms with Crippen molar-refractivity contribution in [2.75, 3.05) is 11.9 Å². The van der Waals surface area contributed by atoms with Crippen molar-refractivity contribution < 1.29 is 14.5 Å². The van der Waals surface area contributed by atoms with Gasteiger partial charge in [-0.25, -0.2) is 0 Å². The SMILES string of the molecule is CCCN1C(=O)CC(Nc2ccc(Br)c([N+](=O)[O-])c2)C1=O. The number of nitrogens with one attached hydrogen (secondary N) is 1. The van der Waals surface area contributed by atoms with Gasteiger partial charge in [0.05, 0.1) is 15.8 Å². The fraction of sp³-hybridized carbons (Fsp3) is 0.385. The van der Waals surface area contributed by atoms with E-state index in [-0.39, 0.29) is 23.9 Å². The summed E-state index contributed by atoms with van der Waals surface area (Å²) in [6, 6.07) is 3.83. The highest BCUT2D eigenvalue weighted by Gasteiger charge is 2.38. The molecule has 1 saturated heterocycles. The number of carbonyl (C=O) groups excluding carboxylic acids is 2. The van der Waals surface area contributed by atoms with Crippen molar-refractivity contribution >= 4 is 39.1 Å². The van der Waals surface area contributed by atoms with E-state index in [2.05, 4.69) is 21.2 Å². The van der Waals surface area contributed by atoms with Crippen molar-refractivity contribution in [3.05, 3.63) is 32.8 Å². The van der Waals surface area contributed by atoms with Crippen molar-refractivity contribution in [1.29, 1.82) is 0 Å². The summed E-state index contributed by atoms with van der Waals surface area (Å²) in [6.45, 7) is 2.29. The number of likely N-dealkylation sites (tertiary alicyclic amines) is 1. The van der Waals surface area contributed by atoms with Crippen LogP contribution in [0.2, 0.25) is 0 Å². The van der Waals surface area contributed by atoms with E-state index in [1.54, 1.807) is 6.07 Å². The summed E-state index contributed by atoms with van der Waals surface area (Å²) >= 11 is 3.10. The molecule has 1 aliphatic heterocycles. The second-order valence-electron chi connectivity index (χ2n) is 4.71. The lowest BCUT2D eigenvalue weighted by Gasteiger charge is -2.15. The van der Waals surface area contributed by atoms with Crippen molar-refractivity contribution in [3.63, 3.8) is 0 Å². The van der Waals surface area contributed by atoms with E-state index < -0.39 is 11.0 Å². The first-order chi connectivity index (χ1) is 9.93. The van der Waals surface area contributed by atoms with Crippen LogP contribution >= 0.6 is 15.9 Å². The number of nitro groups is 1. The number of amides is 2. The molecule has 1 atom stereocenters. The molecular weight excluding hydrogens is 342 g/mol. The molecule has 0 aromatic heterocycles. The number of nitrogens with zero attached hydrogens (tertiary/aromatic N) is 2. The third-order valence-corrected chi connectivity index (χ3v) is 3.85. The van der Waals surface area contributed by atoms with E-state index in [0.29, 0.717) is 23.1 Å². The average Bonchev–Trinajstić information content (AvgIpc) is 2.69. The van der Waals surface area contributed by atoms with Gasteiger partial charge in [-0.15, -0.1) is 0 Å². The van der Waals surface area contributed by atoms with Crippen LogP contribution in [-0.2, 0) is 9.59 Å². The van der Waals surface area contributed by atoms with Crippen LogP contribution in [0.15, 0.2) is 22.7 Å². The molecule has 7 nitrogen and oxygen atoms in total. The molecule has 0 bridgehead atoms. The predicted molar refractivity (Wildman–Crippen MR) is 79.8 cm³/mol. The van der Waals surface area contributed by atoms with Gasteiger partial charge in [0.1, 0.15) is 6.04 Å². The number of halogens is 1. The number of hydrogen-bond acceptors (Lipinski definition) is 5. The molecule has 1 fully saturated rings. The zero-order chi connectivity index (χ0) is 15.6. The normalized spacial score (nSPS) is 18.2. The lowest BCUT2D eigenvalue weighted by atomic mass is 10.2. The lowest BCUT2D eigenvalue weighted by Crippen LogP contribution is -2.35. The first kappa shape index (κ1) is 15.4. The number of rotatable bonds is 5. The maximum Gasteiger partial charge on any atom is 0.285 e. The highest BCUT2D eigenvalue weighted by atomic mass is 79.9. The molecule has 8 heteroatoms. The first-order valence-corrected chi connectivity index (χ1v) is 7.28. The topological polar surface area (TPSA) is 92.6 Å². The van der Waals surface area contributed by atoms with Crippen LogP contribution < -0.4 is 5.32 Å². The Morgan fingerprint density at radius 1 is 1.48 bits per heavy atom. The zero-order valence-corrected chi connectivity index (χ0v) is 12.9. The summed E-state index contributed by atoms with van der Waals surface area (Å²) in [5.41, 5.74) is 0.344. The maximum absolute atomic E-state index is 12.1. The molecule has 0 aliphatic carbocycles. The standard InChI is InChI=1S/C13H14BrN3O4/c1-2-5-16-12(18)7-10(13(16)19)15-8-3-4-9(14)11(6-8)17(20)21/h3-4,6,10,15H,2,5,7H2,1H3. The van der Waals surface area contributed by atoms with Gasteiger partial charge in [-0.1, -0.05) is 6.92 Å². The summed E-state index contributed by atoms with van der Waals surface area (Å²) < 4.78 is 0.361. The molecule has 112 valence electrons. The summed E-state index contributed by atoms with van der Waals surface area (Å²) in [5, 5.41) is 13.8. The third kappa shape index (κ3) is 3.21. The van der Waals surface area contributed by atoms with E-state index in [1.807, 2.05) is 6.92 Å². The zero-order valence-electron chi connectivity index (χ0n) is 11.3. The Bertz CT molecular complexity index is 605. The third-order valence-electron chi connectivity index (χ3n) is 3.17. The number of benzene rings is 1. The van der Waals surface area contributed by atoms with Gasteiger partial charge < -0.3 is 5.32 Å². The molecule has 1 aromatic rings. The van der Waals surface area contributed by atoms with Crippen molar-refractivity contribution in [1.82, 2.24) is 4.90 Å². The molecule has 1 aromatic carbocycles. The van der Waals surface area contributed by atoms with Crippen LogP contribution in [0.5, 0.6) is 0 Å². The second kappa shape index (κ2) is 6.21. The molecule has 1 N–H and O–H groups in total. The Labute approximate surface area is 129 Å². The molecule has 21 heavy (non-hydrogen) atoms. The van der Waals surface area contributed by atoms with E-state index >= 15 is 0 Å². The Hall–Kier alpha value is -1.96. The predicted octanol–water partition coefficient (Wildman–Crippen LogP) is 2.31. The maximum atomic E-state index is 12.1. The molecule has 1 aliphatic rings. The van der Waals surface area contributed by atoms with Gasteiger partial charge in [0.25, 0.3) is 11.6 Å². The van der Waals surface area contributed by atoms with Gasteiger partial charge in [0.15, 0.2) is 0 Å². The number of nitro benzene ring substituents is 1. The Morgan fingerprint density at radius 3 is 2.81 bits per heavy atom. The molecule has 2 amide bonds. The highest BCUT2D eigenvalue weighted by molar-refractivity contribution is 9.10. The summed E-state index contributed by atoms with van der Waals surface area (Å²) in [5.74, 6) is -0.501. The molecule has 0 saturated carbocycles. The quantitative estimate of drug-likeness (QED) is 0.497. The first-order valence-electron chi connectivity index (χ1n) is 6.48. The van der Waals surface area contributed by atoms with Gasteiger partial charge in [-0.3, -0.25) is 24.6 Å². The smallest absolute Gasteiger partial charge is 0.285 e. The van der Waals surface area contributed by atoms with E-state index in [1.165, 1.54) is 17.0 Å². The molecular formula is C13H14BrN3O4. The highest BCUT2D eigenvalue weighted by Crippen LogP contribution is 2.29. The molecule has 1 heterocycles. The largest absolute Gasteiger partial charge is 0.373 e. The number of anilines is 1. The van der Waals surface area contributed by atoms with Gasteiger partial charge in [0.2, 0.25) is 5.91 Å². The molecule has 0 radical (unpaired) electrons. The molecule has 2 rings (SSSR count). The number of carbonyl (C=O) groups is 2. The van der Waals surface area contributed by atoms with Crippen LogP contribution in [0.4, 0.5) is 11.4 Å². The number of imide groups is 1. The van der Waals surface area contributed by atoms with Crippen LogP contribution in [-0.4, -0.2) is 34.2 Å². The monoisotopic (exact) mass is 355 g/mol. The van der Waals surface area contributed by atoms with Crippen molar-refractivity contribution in [2.24, 2.45) is 0 Å². The number of hydrogen-bond donors (Lipinski definition) is 1. The van der Waals surface area contributed by atoms with E-state index in [9.17, 15) is 19.7 Å². The van der Waals surface area contributed by atoms with Crippen LogP contribution in [0.3, 0.4) is 0 Å². The van der Waals surface area contributed by atoms with Gasteiger partial charge >= 0.3 is 0 Å². The fourth-order valence-corrected chi connectivity index (χ4v) is 2.59. The van der Waals surface area contributed by atoms with E-state index in [4.69, 9.17) is 0 Å². The minimum Gasteiger partial charge on any atom is -0.373 e. The van der Waals surface area contributed by atoms with Crippen molar-refractivity contribution in [2.45, 2.75) is 25.8 Å². The molecule has 0 spiro atoms. The second-order valence-corrected chi connectivity index (χ2v) is 5.56. The van der Waals surface area contributed by atoms with E-state index in [0.717, 1.165) is 0 Å². The van der Waals surface area contributed by atoms with Crippen LogP contribution in [0.25, 0.3) is 0 Å². The minimum absolute atomic E-state index is 0.0721. The van der Waals surface area contributed by atoms with Crippen LogP contribution in [0, 0.1) is 10.1 Å². The van der Waals surface area contributed by atoms with Gasteiger partial charge in [0, 0.05) is 18.3 Å². The molecule has 1 unspecified atom stereocenters. The van der Waals surface area contributed by atoms with Gasteiger partial charge in [-0.2, -0.15) is 0 Å². The summed E-state index contributed by atoms with van der Waals surface area (Å²) in [7, 11) is 0. The minimum atomic E-state index is -0.662. The lowest BCUT2D eigenvalue weighted by molar-refractivity contribution is -0.385. The Morgan fingerprint density at radius 2 is 2.19 bits per heavy atom. The average molecular weight is 356 g/mol. The summed E-state index contributed by atoms with van der Waals surface area (Å²) in [4.78, 5) is 35.4. The Kier molecular flexibility index (Phi) is 4.56.